The van der Waals surface area contributed by atoms with Gasteiger partial charge in [-0.05, 0) is 25.8 Å². The first-order chi connectivity index (χ1) is 11.7. The molecule has 0 spiro atoms. The summed E-state index contributed by atoms with van der Waals surface area (Å²) in [7, 11) is 0. The Balaban J connectivity index is 1.58. The molecule has 6 heteroatoms. The van der Waals surface area contributed by atoms with Gasteiger partial charge in [-0.15, -0.1) is 11.3 Å². The summed E-state index contributed by atoms with van der Waals surface area (Å²) < 4.78 is 5.50. The van der Waals surface area contributed by atoms with Gasteiger partial charge in [-0.1, -0.05) is 19.3 Å². The van der Waals surface area contributed by atoms with E-state index in [1.165, 1.54) is 32.1 Å². The van der Waals surface area contributed by atoms with E-state index >= 15 is 0 Å². The van der Waals surface area contributed by atoms with Crippen LogP contribution in [0.15, 0.2) is 11.5 Å². The molecule has 1 aromatic heterocycles. The van der Waals surface area contributed by atoms with Crippen molar-refractivity contribution in [3.05, 3.63) is 22.2 Å². The average Bonchev–Trinajstić information content (AvgIpc) is 3.05. The molecule has 0 bridgehead atoms. The highest BCUT2D eigenvalue weighted by atomic mass is 32.1. The molecule has 24 heavy (non-hydrogen) atoms. The van der Waals surface area contributed by atoms with Crippen LogP contribution in [0.3, 0.4) is 0 Å². The molecule has 2 heterocycles. The van der Waals surface area contributed by atoms with Crippen LogP contribution in [0.2, 0.25) is 0 Å². The van der Waals surface area contributed by atoms with Crippen LogP contribution in [0.5, 0.6) is 0 Å². The number of morpholine rings is 1. The van der Waals surface area contributed by atoms with Gasteiger partial charge < -0.3 is 10.1 Å². The van der Waals surface area contributed by atoms with Crippen LogP contribution in [-0.4, -0.2) is 54.2 Å². The fourth-order valence-electron chi connectivity index (χ4n) is 3.78. The molecule has 1 aliphatic heterocycles. The zero-order valence-corrected chi connectivity index (χ0v) is 15.2. The standard InChI is InChI=1S/C18H27N3O2S/c1-15-20-16(13-24-15)5-6-17(22)19-14-18(7-3-2-4-8-18)21-9-11-23-12-10-21/h5-6,13H,2-4,7-12,14H2,1H3,(H,19,22)/b6-5+. The van der Waals surface area contributed by atoms with Gasteiger partial charge in [-0.3, -0.25) is 9.69 Å². The van der Waals surface area contributed by atoms with Crippen LogP contribution in [-0.2, 0) is 9.53 Å². The molecule has 1 aromatic rings. The van der Waals surface area contributed by atoms with Gasteiger partial charge in [-0.2, -0.15) is 0 Å². The van der Waals surface area contributed by atoms with E-state index in [1.807, 2.05) is 12.3 Å². The Morgan fingerprint density at radius 3 is 2.79 bits per heavy atom. The van der Waals surface area contributed by atoms with Crippen molar-refractivity contribution in [2.45, 2.75) is 44.6 Å². The van der Waals surface area contributed by atoms with Gasteiger partial charge in [0.25, 0.3) is 0 Å². The van der Waals surface area contributed by atoms with Gasteiger partial charge in [0.1, 0.15) is 0 Å². The molecule has 0 atom stereocenters. The Bertz CT molecular complexity index is 573. The van der Waals surface area contributed by atoms with Crippen molar-refractivity contribution in [1.82, 2.24) is 15.2 Å². The van der Waals surface area contributed by atoms with E-state index in [1.54, 1.807) is 23.5 Å². The smallest absolute Gasteiger partial charge is 0.244 e. The highest BCUT2D eigenvalue weighted by Crippen LogP contribution is 2.33. The molecule has 3 rings (SSSR count). The number of thiazole rings is 1. The van der Waals surface area contributed by atoms with Crippen LogP contribution in [0.25, 0.3) is 6.08 Å². The third-order valence-electron chi connectivity index (χ3n) is 5.10. The predicted molar refractivity (Wildman–Crippen MR) is 97.1 cm³/mol. The maximum Gasteiger partial charge on any atom is 0.244 e. The van der Waals surface area contributed by atoms with Crippen molar-refractivity contribution in [1.29, 1.82) is 0 Å². The van der Waals surface area contributed by atoms with Gasteiger partial charge in [0.15, 0.2) is 0 Å². The molecule has 1 N–H and O–H groups in total. The van der Waals surface area contributed by atoms with Crippen molar-refractivity contribution in [3.8, 4) is 0 Å². The largest absolute Gasteiger partial charge is 0.379 e. The summed E-state index contributed by atoms with van der Waals surface area (Å²) in [5, 5.41) is 6.12. The number of hydrogen-bond acceptors (Lipinski definition) is 5. The normalized spacial score (nSPS) is 21.9. The highest BCUT2D eigenvalue weighted by Gasteiger charge is 2.38. The molecule has 1 amide bonds. The monoisotopic (exact) mass is 349 g/mol. The van der Waals surface area contributed by atoms with Crippen LogP contribution < -0.4 is 5.32 Å². The van der Waals surface area contributed by atoms with E-state index < -0.39 is 0 Å². The molecule has 2 fully saturated rings. The second-order valence-electron chi connectivity index (χ2n) is 6.73. The number of nitrogens with one attached hydrogen (secondary N) is 1. The second-order valence-corrected chi connectivity index (χ2v) is 7.79. The van der Waals surface area contributed by atoms with Crippen LogP contribution in [0.1, 0.15) is 42.8 Å². The summed E-state index contributed by atoms with van der Waals surface area (Å²) in [6.45, 7) is 6.26. The van der Waals surface area contributed by atoms with Gasteiger partial charge in [0.2, 0.25) is 5.91 Å². The van der Waals surface area contributed by atoms with Gasteiger partial charge >= 0.3 is 0 Å². The molecule has 1 saturated heterocycles. The van der Waals surface area contributed by atoms with Crippen molar-refractivity contribution < 1.29 is 9.53 Å². The predicted octanol–water partition coefficient (Wildman–Crippen LogP) is 2.62. The number of aromatic nitrogens is 1. The zero-order chi connectivity index (χ0) is 16.8. The van der Waals surface area contributed by atoms with Crippen molar-refractivity contribution >= 4 is 23.3 Å². The fraction of sp³-hybridized carbons (Fsp3) is 0.667. The van der Waals surface area contributed by atoms with E-state index in [-0.39, 0.29) is 11.4 Å². The quantitative estimate of drug-likeness (QED) is 0.830. The first kappa shape index (κ1) is 17.6. The SMILES string of the molecule is Cc1nc(/C=C/C(=O)NCC2(N3CCOCC3)CCCCC2)cs1. The summed E-state index contributed by atoms with van der Waals surface area (Å²) in [4.78, 5) is 19.1. The Morgan fingerprint density at radius 1 is 1.38 bits per heavy atom. The summed E-state index contributed by atoms with van der Waals surface area (Å²) >= 11 is 1.60. The van der Waals surface area contributed by atoms with E-state index in [9.17, 15) is 4.79 Å². The Kier molecular flexibility index (Phi) is 6.03. The van der Waals surface area contributed by atoms with Crippen molar-refractivity contribution in [2.75, 3.05) is 32.8 Å². The summed E-state index contributed by atoms with van der Waals surface area (Å²) in [6.07, 6.45) is 9.54. The molecule has 0 aromatic carbocycles. The molecule has 1 saturated carbocycles. The van der Waals surface area contributed by atoms with E-state index in [2.05, 4.69) is 15.2 Å². The highest BCUT2D eigenvalue weighted by molar-refractivity contribution is 7.09. The molecule has 0 unspecified atom stereocenters. The van der Waals surface area contributed by atoms with E-state index in [4.69, 9.17) is 4.74 Å². The molecule has 1 aliphatic carbocycles. The number of carbonyl (C=O) groups is 1. The minimum Gasteiger partial charge on any atom is -0.379 e. The fourth-order valence-corrected chi connectivity index (χ4v) is 4.36. The Hall–Kier alpha value is -1.24. The van der Waals surface area contributed by atoms with Gasteiger partial charge in [0, 0.05) is 36.6 Å². The third kappa shape index (κ3) is 4.43. The lowest BCUT2D eigenvalue weighted by Gasteiger charge is -2.48. The maximum atomic E-state index is 12.2. The topological polar surface area (TPSA) is 54.5 Å². The first-order valence-electron chi connectivity index (χ1n) is 8.89. The molecule has 5 nitrogen and oxygen atoms in total. The molecule has 0 radical (unpaired) electrons. The maximum absolute atomic E-state index is 12.2. The summed E-state index contributed by atoms with van der Waals surface area (Å²) in [5.41, 5.74) is 0.969. The molecular formula is C18H27N3O2S. The lowest BCUT2D eigenvalue weighted by atomic mass is 9.79. The lowest BCUT2D eigenvalue weighted by Crippen LogP contribution is -2.59. The number of carbonyl (C=O) groups excluding carboxylic acids is 1. The van der Waals surface area contributed by atoms with Crippen molar-refractivity contribution in [3.63, 3.8) is 0 Å². The minimum absolute atomic E-state index is 0.0288. The number of amides is 1. The number of ether oxygens (including phenoxy) is 1. The Labute approximate surface area is 148 Å². The second kappa shape index (κ2) is 8.23. The summed E-state index contributed by atoms with van der Waals surface area (Å²) in [5.74, 6) is -0.0288. The number of rotatable bonds is 5. The lowest BCUT2D eigenvalue weighted by molar-refractivity contribution is -0.117. The number of aryl methyl sites for hydroxylation is 1. The van der Waals surface area contributed by atoms with Crippen LogP contribution in [0.4, 0.5) is 0 Å². The zero-order valence-electron chi connectivity index (χ0n) is 14.4. The third-order valence-corrected chi connectivity index (χ3v) is 5.89. The van der Waals surface area contributed by atoms with Crippen LogP contribution in [0, 0.1) is 6.92 Å². The van der Waals surface area contributed by atoms with Crippen LogP contribution >= 0.6 is 11.3 Å². The average molecular weight is 350 g/mol. The first-order valence-corrected chi connectivity index (χ1v) is 9.77. The molecular weight excluding hydrogens is 322 g/mol. The molecule has 132 valence electrons. The van der Waals surface area contributed by atoms with Crippen molar-refractivity contribution in [2.24, 2.45) is 0 Å². The van der Waals surface area contributed by atoms with Gasteiger partial charge in [0.05, 0.1) is 23.9 Å². The number of hydrogen-bond donors (Lipinski definition) is 1. The van der Waals surface area contributed by atoms with E-state index in [0.717, 1.165) is 43.5 Å². The number of nitrogens with zero attached hydrogens (tertiary/aromatic N) is 2. The molecule has 2 aliphatic rings. The van der Waals surface area contributed by atoms with Gasteiger partial charge in [-0.25, -0.2) is 4.98 Å². The van der Waals surface area contributed by atoms with E-state index in [0.29, 0.717) is 0 Å². The minimum atomic E-state index is -0.0288. The Morgan fingerprint density at radius 2 is 2.12 bits per heavy atom. The summed E-state index contributed by atoms with van der Waals surface area (Å²) in [6, 6.07) is 0.